The third kappa shape index (κ3) is 5.18. The van der Waals surface area contributed by atoms with Crippen molar-refractivity contribution in [3.63, 3.8) is 0 Å². The fraction of sp³-hybridized carbons (Fsp3) is 0.138. The molecule has 1 N–H and O–H groups in total. The van der Waals surface area contributed by atoms with Gasteiger partial charge < -0.3 is 14.6 Å². The van der Waals surface area contributed by atoms with E-state index in [2.05, 4.69) is 9.88 Å². The number of para-hydroxylation sites is 1. The molecule has 0 radical (unpaired) electrons. The second-order valence-electron chi connectivity index (χ2n) is 8.77. The maximum absolute atomic E-state index is 13.2. The van der Waals surface area contributed by atoms with E-state index in [-0.39, 0.29) is 11.4 Å². The number of benzene rings is 3. The molecule has 0 unspecified atom stereocenters. The first-order valence-electron chi connectivity index (χ1n) is 11.9. The minimum absolute atomic E-state index is 0.282. The number of hydrogen-bond acceptors (Lipinski definition) is 5. The summed E-state index contributed by atoms with van der Waals surface area (Å²) in [5.74, 6) is -0.294. The molecule has 192 valence electrons. The summed E-state index contributed by atoms with van der Waals surface area (Å²) in [6.45, 7) is 2.25. The highest BCUT2D eigenvalue weighted by atomic mass is 35.5. The lowest BCUT2D eigenvalue weighted by Crippen LogP contribution is -2.36. The molecule has 0 saturated carbocycles. The van der Waals surface area contributed by atoms with Crippen LogP contribution < -0.4 is 10.1 Å². The summed E-state index contributed by atoms with van der Waals surface area (Å²) in [4.78, 5) is 39.7. The van der Waals surface area contributed by atoms with Gasteiger partial charge in [-0.2, -0.15) is 0 Å². The predicted molar refractivity (Wildman–Crippen MR) is 152 cm³/mol. The van der Waals surface area contributed by atoms with Crippen molar-refractivity contribution in [2.24, 2.45) is 0 Å². The topological polar surface area (TPSA) is 80.6 Å². The summed E-state index contributed by atoms with van der Waals surface area (Å²) in [6, 6.07) is 22.4. The monoisotopic (exact) mass is 545 g/mol. The highest BCUT2D eigenvalue weighted by Gasteiger charge is 2.36. The first kappa shape index (κ1) is 25.6. The molecule has 1 aliphatic rings. The van der Waals surface area contributed by atoms with Gasteiger partial charge in [0.05, 0.1) is 12.0 Å². The van der Waals surface area contributed by atoms with Gasteiger partial charge in [0.1, 0.15) is 12.3 Å². The molecule has 0 aliphatic carbocycles. The smallest absolute Gasteiger partial charge is 0.294 e. The van der Waals surface area contributed by atoms with Gasteiger partial charge in [0, 0.05) is 39.4 Å². The minimum atomic E-state index is -0.487. The standard InChI is InChI=1S/C29H24ClN3O4S/c1-18-24(23-5-3-4-6-25(23)32(18)16-19-7-9-20(30)10-8-19)15-26-28(35)33(29(36)38-26)17-27(34)31-21-11-13-22(37-2)14-12-21/h3-15H,16-17H2,1-2H3,(H,31,34)/b26-15+. The summed E-state index contributed by atoms with van der Waals surface area (Å²) in [7, 11) is 1.56. The molecule has 38 heavy (non-hydrogen) atoms. The minimum Gasteiger partial charge on any atom is -0.497 e. The summed E-state index contributed by atoms with van der Waals surface area (Å²) in [5.41, 5.74) is 4.48. The molecular weight excluding hydrogens is 522 g/mol. The zero-order valence-corrected chi connectivity index (χ0v) is 22.3. The number of anilines is 1. The number of halogens is 1. The maximum atomic E-state index is 13.2. The third-order valence-electron chi connectivity index (χ3n) is 6.36. The number of nitrogens with one attached hydrogen (secondary N) is 1. The van der Waals surface area contributed by atoms with Crippen LogP contribution in [0.2, 0.25) is 5.02 Å². The Morgan fingerprint density at radius 3 is 2.45 bits per heavy atom. The van der Waals surface area contributed by atoms with Crippen molar-refractivity contribution in [3.8, 4) is 5.75 Å². The van der Waals surface area contributed by atoms with E-state index in [0.29, 0.717) is 23.0 Å². The second kappa shape index (κ2) is 10.8. The molecular formula is C29H24ClN3O4S. The Morgan fingerprint density at radius 2 is 1.74 bits per heavy atom. The molecule has 2 heterocycles. The van der Waals surface area contributed by atoms with Gasteiger partial charge in [-0.05, 0) is 72.8 Å². The molecule has 3 aromatic carbocycles. The number of amides is 3. The normalized spacial score (nSPS) is 14.5. The largest absolute Gasteiger partial charge is 0.497 e. The SMILES string of the molecule is COc1ccc(NC(=O)CN2C(=O)S/C(=C/c3c(C)n(Cc4ccc(Cl)cc4)c4ccccc34)C2=O)cc1. The van der Waals surface area contributed by atoms with E-state index >= 15 is 0 Å². The molecule has 0 bridgehead atoms. The van der Waals surface area contributed by atoms with Crippen LogP contribution in [0.5, 0.6) is 5.75 Å². The zero-order chi connectivity index (χ0) is 26.8. The number of hydrogen-bond donors (Lipinski definition) is 1. The lowest BCUT2D eigenvalue weighted by atomic mass is 10.1. The van der Waals surface area contributed by atoms with Crippen LogP contribution in [0.3, 0.4) is 0 Å². The van der Waals surface area contributed by atoms with E-state index in [1.54, 1.807) is 37.5 Å². The van der Waals surface area contributed by atoms with Crippen molar-refractivity contribution >= 4 is 63.1 Å². The molecule has 1 saturated heterocycles. The van der Waals surface area contributed by atoms with E-state index in [4.69, 9.17) is 16.3 Å². The van der Waals surface area contributed by atoms with Crippen molar-refractivity contribution < 1.29 is 19.1 Å². The van der Waals surface area contributed by atoms with Gasteiger partial charge in [-0.1, -0.05) is 41.9 Å². The number of aromatic nitrogens is 1. The Labute approximate surface area is 229 Å². The van der Waals surface area contributed by atoms with Crippen LogP contribution >= 0.6 is 23.4 Å². The van der Waals surface area contributed by atoms with Crippen LogP contribution in [0.1, 0.15) is 16.8 Å². The molecule has 0 spiro atoms. The van der Waals surface area contributed by atoms with Gasteiger partial charge in [-0.3, -0.25) is 19.3 Å². The van der Waals surface area contributed by atoms with Crippen LogP contribution in [0.4, 0.5) is 10.5 Å². The Bertz CT molecular complexity index is 1580. The van der Waals surface area contributed by atoms with Gasteiger partial charge >= 0.3 is 0 Å². The molecule has 1 fully saturated rings. The number of carbonyl (C=O) groups is 3. The van der Waals surface area contributed by atoms with Gasteiger partial charge in [0.2, 0.25) is 5.91 Å². The highest BCUT2D eigenvalue weighted by Crippen LogP contribution is 2.36. The zero-order valence-electron chi connectivity index (χ0n) is 20.7. The Kier molecular flexibility index (Phi) is 7.26. The number of thioether (sulfide) groups is 1. The molecule has 3 amide bonds. The number of imide groups is 1. The average molecular weight is 546 g/mol. The fourth-order valence-corrected chi connectivity index (χ4v) is 5.35. The number of methoxy groups -OCH3 is 1. The summed E-state index contributed by atoms with van der Waals surface area (Å²) < 4.78 is 7.29. The van der Waals surface area contributed by atoms with E-state index in [1.165, 1.54) is 0 Å². The van der Waals surface area contributed by atoms with E-state index in [9.17, 15) is 14.4 Å². The first-order chi connectivity index (χ1) is 18.3. The van der Waals surface area contributed by atoms with Gasteiger partial charge in [-0.15, -0.1) is 0 Å². The predicted octanol–water partition coefficient (Wildman–Crippen LogP) is 6.34. The Balaban J connectivity index is 1.38. The van der Waals surface area contributed by atoms with E-state index in [1.807, 2.05) is 55.5 Å². The van der Waals surface area contributed by atoms with Crippen LogP contribution in [-0.2, 0) is 16.1 Å². The van der Waals surface area contributed by atoms with Crippen molar-refractivity contribution in [2.75, 3.05) is 19.0 Å². The highest BCUT2D eigenvalue weighted by molar-refractivity contribution is 8.18. The molecule has 1 aliphatic heterocycles. The van der Waals surface area contributed by atoms with E-state index in [0.717, 1.165) is 44.4 Å². The Morgan fingerprint density at radius 1 is 1.03 bits per heavy atom. The molecule has 5 rings (SSSR count). The first-order valence-corrected chi connectivity index (χ1v) is 13.0. The van der Waals surface area contributed by atoms with Gasteiger partial charge in [0.15, 0.2) is 0 Å². The van der Waals surface area contributed by atoms with Crippen LogP contribution in [0, 0.1) is 6.92 Å². The number of rotatable bonds is 7. The quantitative estimate of drug-likeness (QED) is 0.274. The average Bonchev–Trinajstić information content (AvgIpc) is 3.33. The van der Waals surface area contributed by atoms with Crippen LogP contribution in [0.25, 0.3) is 17.0 Å². The third-order valence-corrected chi connectivity index (χ3v) is 7.52. The van der Waals surface area contributed by atoms with Gasteiger partial charge in [-0.25, -0.2) is 0 Å². The Hall–Kier alpha value is -4.01. The summed E-state index contributed by atoms with van der Waals surface area (Å²) in [5, 5.41) is 3.88. The molecule has 0 atom stereocenters. The van der Waals surface area contributed by atoms with Crippen molar-refractivity contribution in [3.05, 3.63) is 99.5 Å². The van der Waals surface area contributed by atoms with E-state index < -0.39 is 17.1 Å². The number of carbonyl (C=O) groups excluding carboxylic acids is 3. The number of fused-ring (bicyclic) bond motifs is 1. The molecule has 4 aromatic rings. The summed E-state index contributed by atoms with van der Waals surface area (Å²) >= 11 is 6.89. The lowest BCUT2D eigenvalue weighted by molar-refractivity contribution is -0.127. The van der Waals surface area contributed by atoms with Crippen molar-refractivity contribution in [1.82, 2.24) is 9.47 Å². The van der Waals surface area contributed by atoms with Crippen molar-refractivity contribution in [2.45, 2.75) is 13.5 Å². The number of ether oxygens (including phenoxy) is 1. The van der Waals surface area contributed by atoms with Crippen LogP contribution in [0.15, 0.2) is 77.7 Å². The fourth-order valence-electron chi connectivity index (χ4n) is 4.40. The lowest BCUT2D eigenvalue weighted by Gasteiger charge is -2.12. The molecule has 7 nitrogen and oxygen atoms in total. The number of nitrogens with zero attached hydrogens (tertiary/aromatic N) is 2. The van der Waals surface area contributed by atoms with Crippen molar-refractivity contribution in [1.29, 1.82) is 0 Å². The maximum Gasteiger partial charge on any atom is 0.294 e. The molecule has 1 aromatic heterocycles. The van der Waals surface area contributed by atoms with Crippen LogP contribution in [-0.4, -0.2) is 40.2 Å². The molecule has 9 heteroatoms. The van der Waals surface area contributed by atoms with Gasteiger partial charge in [0.25, 0.3) is 11.1 Å². The second-order valence-corrected chi connectivity index (χ2v) is 10.2. The summed E-state index contributed by atoms with van der Waals surface area (Å²) in [6.07, 6.45) is 1.75.